The maximum Gasteiger partial charge on any atom is 0.154 e. The summed E-state index contributed by atoms with van der Waals surface area (Å²) in [7, 11) is -1.35. The van der Waals surface area contributed by atoms with Crippen LogP contribution in [-0.4, -0.2) is 44.2 Å². The quantitative estimate of drug-likeness (QED) is 0.673. The van der Waals surface area contributed by atoms with E-state index in [4.69, 9.17) is 5.11 Å². The van der Waals surface area contributed by atoms with Gasteiger partial charge < -0.3 is 10.4 Å². The molecule has 15 heavy (non-hydrogen) atoms. The average Bonchev–Trinajstić information content (AvgIpc) is 2.15. The summed E-state index contributed by atoms with van der Waals surface area (Å²) in [6, 6.07) is -0.152. The Morgan fingerprint density at radius 1 is 1.27 bits per heavy atom. The minimum Gasteiger partial charge on any atom is -0.396 e. The summed E-state index contributed by atoms with van der Waals surface area (Å²) in [5, 5.41) is 11.4. The van der Waals surface area contributed by atoms with Gasteiger partial charge in [-0.2, -0.15) is 0 Å². The van der Waals surface area contributed by atoms with Gasteiger partial charge in [0.25, 0.3) is 0 Å². The zero-order chi connectivity index (χ0) is 12.1. The highest BCUT2D eigenvalue weighted by Gasteiger charge is 2.26. The van der Waals surface area contributed by atoms with Crippen molar-refractivity contribution in [2.45, 2.75) is 38.5 Å². The molecule has 0 saturated heterocycles. The fourth-order valence-electron chi connectivity index (χ4n) is 1.31. The number of hydrogen-bond donors (Lipinski definition) is 2. The molecule has 0 saturated carbocycles. The van der Waals surface area contributed by atoms with Crippen LogP contribution >= 0.6 is 0 Å². The molecule has 0 fully saturated rings. The van der Waals surface area contributed by atoms with Crippen molar-refractivity contribution >= 4 is 9.84 Å². The van der Waals surface area contributed by atoms with E-state index in [9.17, 15) is 8.42 Å². The van der Waals surface area contributed by atoms with Gasteiger partial charge in [0.1, 0.15) is 0 Å². The number of hydrogen-bond acceptors (Lipinski definition) is 4. The summed E-state index contributed by atoms with van der Waals surface area (Å²) in [5.74, 6) is 0.227. The van der Waals surface area contributed by atoms with Crippen molar-refractivity contribution in [3.05, 3.63) is 0 Å². The molecule has 0 amide bonds. The molecule has 0 aliphatic carbocycles. The van der Waals surface area contributed by atoms with E-state index in [1.165, 1.54) is 0 Å². The van der Waals surface area contributed by atoms with E-state index in [1.54, 1.807) is 14.0 Å². The smallest absolute Gasteiger partial charge is 0.154 e. The van der Waals surface area contributed by atoms with Crippen LogP contribution in [0.2, 0.25) is 0 Å². The van der Waals surface area contributed by atoms with E-state index < -0.39 is 9.84 Å². The molecule has 2 unspecified atom stereocenters. The molecule has 0 rings (SSSR count). The highest BCUT2D eigenvalue weighted by molar-refractivity contribution is 7.92. The fourth-order valence-corrected chi connectivity index (χ4v) is 3.34. The lowest BCUT2D eigenvalue weighted by atomic mass is 10.2. The van der Waals surface area contributed by atoms with Crippen LogP contribution < -0.4 is 5.32 Å². The molecule has 0 aliphatic rings. The van der Waals surface area contributed by atoms with Crippen molar-refractivity contribution in [1.82, 2.24) is 5.32 Å². The first kappa shape index (κ1) is 14.9. The summed E-state index contributed by atoms with van der Waals surface area (Å²) in [6.45, 7) is 5.56. The van der Waals surface area contributed by atoms with Crippen molar-refractivity contribution in [3.8, 4) is 0 Å². The van der Waals surface area contributed by atoms with E-state index in [-0.39, 0.29) is 29.6 Å². The highest BCUT2D eigenvalue weighted by Crippen LogP contribution is 2.14. The number of nitrogens with one attached hydrogen (secondary N) is 1. The second-order valence-corrected chi connectivity index (χ2v) is 6.68. The summed E-state index contributed by atoms with van der Waals surface area (Å²) in [6.07, 6.45) is 0.473. The molecule has 0 bridgehead atoms. The van der Waals surface area contributed by atoms with Gasteiger partial charge in [-0.05, 0) is 26.3 Å². The largest absolute Gasteiger partial charge is 0.396 e. The number of aliphatic hydroxyl groups is 1. The van der Waals surface area contributed by atoms with Gasteiger partial charge >= 0.3 is 0 Å². The third-order valence-electron chi connectivity index (χ3n) is 2.82. The molecule has 0 radical (unpaired) electrons. The van der Waals surface area contributed by atoms with E-state index >= 15 is 0 Å². The molecule has 0 aliphatic heterocycles. The Kier molecular flexibility index (Phi) is 6.40. The second kappa shape index (κ2) is 6.45. The Bertz CT molecular complexity index is 262. The van der Waals surface area contributed by atoms with Crippen molar-refractivity contribution in [2.24, 2.45) is 5.92 Å². The molecule has 2 atom stereocenters. The number of rotatable bonds is 7. The van der Waals surface area contributed by atoms with Gasteiger partial charge in [0.05, 0.1) is 11.0 Å². The highest BCUT2D eigenvalue weighted by atomic mass is 32.2. The van der Waals surface area contributed by atoms with Crippen LogP contribution in [0.5, 0.6) is 0 Å². The molecular weight excluding hydrogens is 214 g/mol. The van der Waals surface area contributed by atoms with Crippen LogP contribution in [0.4, 0.5) is 0 Å². The molecule has 0 aromatic heterocycles. The van der Waals surface area contributed by atoms with Crippen LogP contribution in [0.15, 0.2) is 0 Å². The van der Waals surface area contributed by atoms with Crippen LogP contribution in [0, 0.1) is 5.92 Å². The predicted molar refractivity (Wildman–Crippen MR) is 62.6 cm³/mol. The third-order valence-corrected chi connectivity index (χ3v) is 5.37. The number of aliphatic hydroxyl groups excluding tert-OH is 1. The van der Waals surface area contributed by atoms with Gasteiger partial charge in [0.15, 0.2) is 9.84 Å². The van der Waals surface area contributed by atoms with Crippen molar-refractivity contribution in [1.29, 1.82) is 0 Å². The zero-order valence-electron chi connectivity index (χ0n) is 10.0. The normalized spacial score (nSPS) is 16.7. The maximum atomic E-state index is 11.9. The van der Waals surface area contributed by atoms with E-state index in [2.05, 4.69) is 5.32 Å². The molecule has 0 aromatic rings. The number of sulfone groups is 1. The van der Waals surface area contributed by atoms with Gasteiger partial charge in [-0.1, -0.05) is 13.8 Å². The zero-order valence-corrected chi connectivity index (χ0v) is 10.8. The fraction of sp³-hybridized carbons (Fsp3) is 1.00. The monoisotopic (exact) mass is 237 g/mol. The molecule has 0 aromatic carbocycles. The van der Waals surface area contributed by atoms with Crippen molar-refractivity contribution in [3.63, 3.8) is 0 Å². The van der Waals surface area contributed by atoms with E-state index in [0.717, 1.165) is 0 Å². The summed E-state index contributed by atoms with van der Waals surface area (Å²) in [4.78, 5) is 0. The van der Waals surface area contributed by atoms with Gasteiger partial charge in [-0.3, -0.25) is 0 Å². The van der Waals surface area contributed by atoms with Crippen LogP contribution in [0.3, 0.4) is 0 Å². The lowest BCUT2D eigenvalue weighted by molar-refractivity contribution is 0.272. The Morgan fingerprint density at radius 2 is 1.80 bits per heavy atom. The minimum absolute atomic E-state index is 0.0110. The molecular formula is C10H23NO3S. The van der Waals surface area contributed by atoms with Crippen LogP contribution in [-0.2, 0) is 9.84 Å². The van der Waals surface area contributed by atoms with E-state index in [0.29, 0.717) is 6.42 Å². The first-order chi connectivity index (χ1) is 6.85. The third kappa shape index (κ3) is 4.95. The first-order valence-electron chi connectivity index (χ1n) is 5.34. The standard InChI is InChI=1S/C10H23NO3S/c1-8(2)9(3)15(13,14)7-10(11-4)5-6-12/h8-12H,5-7H2,1-4H3. The topological polar surface area (TPSA) is 66.4 Å². The average molecular weight is 237 g/mol. The molecule has 5 heteroatoms. The van der Waals surface area contributed by atoms with Gasteiger partial charge in [-0.15, -0.1) is 0 Å². The van der Waals surface area contributed by atoms with Gasteiger partial charge in [0, 0.05) is 12.6 Å². The van der Waals surface area contributed by atoms with E-state index in [1.807, 2.05) is 13.8 Å². The van der Waals surface area contributed by atoms with Crippen LogP contribution in [0.1, 0.15) is 27.2 Å². The summed E-state index contributed by atoms with van der Waals surface area (Å²) >= 11 is 0. The lowest BCUT2D eigenvalue weighted by Gasteiger charge is -2.20. The first-order valence-corrected chi connectivity index (χ1v) is 7.06. The molecule has 0 heterocycles. The summed E-state index contributed by atoms with van der Waals surface area (Å²) < 4.78 is 23.8. The molecule has 4 nitrogen and oxygen atoms in total. The molecule has 2 N–H and O–H groups in total. The van der Waals surface area contributed by atoms with Gasteiger partial charge in [-0.25, -0.2) is 8.42 Å². The van der Waals surface area contributed by atoms with Crippen molar-refractivity contribution in [2.75, 3.05) is 19.4 Å². The SMILES string of the molecule is CNC(CCO)CS(=O)(=O)C(C)C(C)C. The maximum absolute atomic E-state index is 11.9. The second-order valence-electron chi connectivity index (χ2n) is 4.28. The Hall–Kier alpha value is -0.130. The summed E-state index contributed by atoms with van der Waals surface area (Å²) in [5.41, 5.74) is 0. The molecule has 0 spiro atoms. The predicted octanol–water partition coefficient (Wildman–Crippen LogP) is 0.416. The van der Waals surface area contributed by atoms with Crippen LogP contribution in [0.25, 0.3) is 0 Å². The Morgan fingerprint density at radius 3 is 2.13 bits per heavy atom. The molecule has 92 valence electrons. The Labute approximate surface area is 93.0 Å². The Balaban J connectivity index is 4.48. The lowest BCUT2D eigenvalue weighted by Crippen LogP contribution is -2.38. The van der Waals surface area contributed by atoms with Crippen molar-refractivity contribution < 1.29 is 13.5 Å². The minimum atomic E-state index is -3.07. The van der Waals surface area contributed by atoms with Gasteiger partial charge in [0.2, 0.25) is 0 Å².